The second-order valence-electron chi connectivity index (χ2n) is 7.13. The van der Waals surface area contributed by atoms with E-state index in [0.29, 0.717) is 18.3 Å². The highest BCUT2D eigenvalue weighted by Gasteiger charge is 2.23. The van der Waals surface area contributed by atoms with Crippen LogP contribution in [0.15, 0.2) is 29.3 Å². The number of nitrogens with two attached hydrogens (primary N) is 1. The number of primary amides is 1. The van der Waals surface area contributed by atoms with E-state index in [9.17, 15) is 4.79 Å². The Balaban J connectivity index is 2.01. The molecule has 1 aliphatic rings. The number of piperidine rings is 1. The summed E-state index contributed by atoms with van der Waals surface area (Å²) in [5.41, 5.74) is 7.97. The van der Waals surface area contributed by atoms with E-state index in [-0.39, 0.29) is 5.91 Å². The van der Waals surface area contributed by atoms with E-state index < -0.39 is 0 Å². The number of likely N-dealkylation sites (tertiary alicyclic amines) is 1. The molecule has 1 aliphatic heterocycles. The Kier molecular flexibility index (Phi) is 7.29. The van der Waals surface area contributed by atoms with Gasteiger partial charge in [0.25, 0.3) is 0 Å². The van der Waals surface area contributed by atoms with E-state index >= 15 is 0 Å². The van der Waals surface area contributed by atoms with Gasteiger partial charge in [0, 0.05) is 38.5 Å². The van der Waals surface area contributed by atoms with Crippen molar-refractivity contribution in [2.24, 2.45) is 16.6 Å². The Bertz CT molecular complexity index is 582. The van der Waals surface area contributed by atoms with Crippen LogP contribution in [0.1, 0.15) is 50.2 Å². The lowest BCUT2D eigenvalue weighted by atomic mass is 9.95. The van der Waals surface area contributed by atoms with Crippen LogP contribution in [-0.4, -0.2) is 42.9 Å². The number of amides is 1. The van der Waals surface area contributed by atoms with Crippen LogP contribution in [0.5, 0.6) is 0 Å². The molecule has 1 aromatic rings. The summed E-state index contributed by atoms with van der Waals surface area (Å²) in [4.78, 5) is 18.4. The first kappa shape index (κ1) is 19.3. The molecule has 0 saturated carbocycles. The van der Waals surface area contributed by atoms with Gasteiger partial charge in [-0.1, -0.05) is 36.8 Å². The van der Waals surface area contributed by atoms with Crippen molar-refractivity contribution in [1.29, 1.82) is 0 Å². The molecule has 1 aromatic carbocycles. The fourth-order valence-electron chi connectivity index (χ4n) is 3.36. The van der Waals surface area contributed by atoms with E-state index in [1.54, 1.807) is 0 Å². The summed E-state index contributed by atoms with van der Waals surface area (Å²) < 4.78 is 0. The van der Waals surface area contributed by atoms with Gasteiger partial charge in [-0.15, -0.1) is 0 Å². The molecule has 2 atom stereocenters. The van der Waals surface area contributed by atoms with Crippen LogP contribution in [0, 0.1) is 12.8 Å². The molecule has 2 rings (SSSR count). The largest absolute Gasteiger partial charge is 0.370 e. The Labute approximate surface area is 151 Å². The zero-order chi connectivity index (χ0) is 18.2. The Hall–Kier alpha value is -2.04. The fourth-order valence-corrected chi connectivity index (χ4v) is 3.36. The third kappa shape index (κ3) is 6.07. The van der Waals surface area contributed by atoms with Crippen LogP contribution in [0.25, 0.3) is 0 Å². The average Bonchev–Trinajstić information content (AvgIpc) is 2.58. The molecule has 0 radical (unpaired) electrons. The standard InChI is InChI=1S/C20H32N4O/c1-4-22-20(24-11-5-6-17(14-24)12-19(21)25)23-13-16(3)18-9-7-15(2)8-10-18/h7-10,16-17H,4-6,11-14H2,1-3H3,(H2,21,25)(H,22,23). The maximum absolute atomic E-state index is 11.2. The van der Waals surface area contributed by atoms with Gasteiger partial charge in [0.05, 0.1) is 0 Å². The van der Waals surface area contributed by atoms with Crippen molar-refractivity contribution < 1.29 is 4.79 Å². The Morgan fingerprint density at radius 2 is 2.12 bits per heavy atom. The van der Waals surface area contributed by atoms with E-state index in [1.807, 2.05) is 0 Å². The third-order valence-corrected chi connectivity index (χ3v) is 4.80. The van der Waals surface area contributed by atoms with Crippen molar-refractivity contribution in [3.63, 3.8) is 0 Å². The molecule has 1 saturated heterocycles. The topological polar surface area (TPSA) is 70.7 Å². The smallest absolute Gasteiger partial charge is 0.217 e. The zero-order valence-electron chi connectivity index (χ0n) is 15.8. The number of aliphatic imine (C=N–C) groups is 1. The van der Waals surface area contributed by atoms with Gasteiger partial charge in [-0.25, -0.2) is 0 Å². The predicted octanol–water partition coefficient (Wildman–Crippen LogP) is 2.65. The molecule has 5 nitrogen and oxygen atoms in total. The Morgan fingerprint density at radius 1 is 1.40 bits per heavy atom. The number of nitrogens with one attached hydrogen (secondary N) is 1. The van der Waals surface area contributed by atoms with Crippen molar-refractivity contribution in [1.82, 2.24) is 10.2 Å². The number of hydrogen-bond donors (Lipinski definition) is 2. The van der Waals surface area contributed by atoms with Crippen LogP contribution < -0.4 is 11.1 Å². The summed E-state index contributed by atoms with van der Waals surface area (Å²) in [5.74, 6) is 1.46. The van der Waals surface area contributed by atoms with Gasteiger partial charge in [0.1, 0.15) is 0 Å². The number of guanidine groups is 1. The number of aryl methyl sites for hydroxylation is 1. The molecule has 0 aliphatic carbocycles. The minimum absolute atomic E-state index is 0.207. The van der Waals surface area contributed by atoms with Gasteiger partial charge < -0.3 is 16.0 Å². The molecule has 0 bridgehead atoms. The second-order valence-corrected chi connectivity index (χ2v) is 7.13. The monoisotopic (exact) mass is 344 g/mol. The molecule has 0 aromatic heterocycles. The van der Waals surface area contributed by atoms with Crippen molar-refractivity contribution in [2.45, 2.75) is 46.0 Å². The number of rotatable bonds is 6. The quantitative estimate of drug-likeness (QED) is 0.616. The average molecular weight is 345 g/mol. The van der Waals surface area contributed by atoms with Crippen LogP contribution in [-0.2, 0) is 4.79 Å². The maximum atomic E-state index is 11.2. The SMILES string of the molecule is CCNC(=NCC(C)c1ccc(C)cc1)N1CCCC(CC(N)=O)C1. The van der Waals surface area contributed by atoms with E-state index in [2.05, 4.69) is 55.3 Å². The predicted molar refractivity (Wildman–Crippen MR) is 104 cm³/mol. The molecule has 1 heterocycles. The highest BCUT2D eigenvalue weighted by Crippen LogP contribution is 2.20. The molecule has 1 amide bonds. The zero-order valence-corrected chi connectivity index (χ0v) is 15.8. The molecule has 2 unspecified atom stereocenters. The summed E-state index contributed by atoms with van der Waals surface area (Å²) in [6, 6.07) is 8.68. The molecule has 3 N–H and O–H groups in total. The van der Waals surface area contributed by atoms with Crippen molar-refractivity contribution in [2.75, 3.05) is 26.2 Å². The summed E-state index contributed by atoms with van der Waals surface area (Å²) in [6.45, 7) is 9.84. The Morgan fingerprint density at radius 3 is 2.76 bits per heavy atom. The number of benzene rings is 1. The summed E-state index contributed by atoms with van der Waals surface area (Å²) in [7, 11) is 0. The number of hydrogen-bond acceptors (Lipinski definition) is 2. The van der Waals surface area contributed by atoms with Gasteiger partial charge in [-0.2, -0.15) is 0 Å². The molecule has 138 valence electrons. The highest BCUT2D eigenvalue weighted by atomic mass is 16.1. The lowest BCUT2D eigenvalue weighted by molar-refractivity contribution is -0.119. The molecular formula is C20H32N4O. The molecule has 5 heteroatoms. The van der Waals surface area contributed by atoms with Crippen molar-refractivity contribution in [3.8, 4) is 0 Å². The van der Waals surface area contributed by atoms with Crippen molar-refractivity contribution >= 4 is 11.9 Å². The number of nitrogens with zero attached hydrogens (tertiary/aromatic N) is 2. The molecule has 0 spiro atoms. The first-order valence-corrected chi connectivity index (χ1v) is 9.37. The normalized spacial score (nSPS) is 19.6. The first-order valence-electron chi connectivity index (χ1n) is 9.37. The number of carbonyl (C=O) groups is 1. The summed E-state index contributed by atoms with van der Waals surface area (Å²) in [5, 5.41) is 3.40. The summed E-state index contributed by atoms with van der Waals surface area (Å²) in [6.07, 6.45) is 2.62. The lowest BCUT2D eigenvalue weighted by Gasteiger charge is -2.34. The van der Waals surface area contributed by atoms with Crippen LogP contribution in [0.3, 0.4) is 0 Å². The minimum atomic E-state index is -0.207. The third-order valence-electron chi connectivity index (χ3n) is 4.80. The van der Waals surface area contributed by atoms with Gasteiger partial charge >= 0.3 is 0 Å². The van der Waals surface area contributed by atoms with E-state index in [1.165, 1.54) is 11.1 Å². The lowest BCUT2D eigenvalue weighted by Crippen LogP contribution is -2.47. The van der Waals surface area contributed by atoms with Crippen LogP contribution in [0.4, 0.5) is 0 Å². The van der Waals surface area contributed by atoms with E-state index in [4.69, 9.17) is 10.7 Å². The van der Waals surface area contributed by atoms with Gasteiger partial charge in [0.15, 0.2) is 5.96 Å². The molecular weight excluding hydrogens is 312 g/mol. The van der Waals surface area contributed by atoms with Crippen molar-refractivity contribution in [3.05, 3.63) is 35.4 Å². The fraction of sp³-hybridized carbons (Fsp3) is 0.600. The van der Waals surface area contributed by atoms with Gasteiger partial charge in [-0.05, 0) is 38.2 Å². The highest BCUT2D eigenvalue weighted by molar-refractivity contribution is 5.80. The molecule has 25 heavy (non-hydrogen) atoms. The maximum Gasteiger partial charge on any atom is 0.217 e. The minimum Gasteiger partial charge on any atom is -0.370 e. The van der Waals surface area contributed by atoms with Gasteiger partial charge in [0.2, 0.25) is 5.91 Å². The van der Waals surface area contributed by atoms with Gasteiger partial charge in [-0.3, -0.25) is 9.79 Å². The summed E-state index contributed by atoms with van der Waals surface area (Å²) >= 11 is 0. The first-order chi connectivity index (χ1) is 12.0. The van der Waals surface area contributed by atoms with Crippen LogP contribution >= 0.6 is 0 Å². The number of carbonyl (C=O) groups excluding carboxylic acids is 1. The van der Waals surface area contributed by atoms with Crippen LogP contribution in [0.2, 0.25) is 0 Å². The molecule has 1 fully saturated rings. The van der Waals surface area contributed by atoms with E-state index in [0.717, 1.165) is 45.0 Å². The second kappa shape index (κ2) is 9.44.